The van der Waals surface area contributed by atoms with Crippen LogP contribution in [-0.2, 0) is 23.8 Å². The predicted molar refractivity (Wildman–Crippen MR) is 156 cm³/mol. The van der Waals surface area contributed by atoms with Crippen LogP contribution in [0.4, 0.5) is 13.2 Å². The van der Waals surface area contributed by atoms with Gasteiger partial charge in [-0.2, -0.15) is 13.2 Å². The summed E-state index contributed by atoms with van der Waals surface area (Å²) in [6.45, 7) is 3.97. The van der Waals surface area contributed by atoms with Gasteiger partial charge in [-0.25, -0.2) is 9.78 Å². The predicted octanol–water partition coefficient (Wildman–Crippen LogP) is 7.41. The molecule has 0 spiro atoms. The van der Waals surface area contributed by atoms with E-state index in [1.165, 1.54) is 0 Å². The van der Waals surface area contributed by atoms with Crippen LogP contribution in [0, 0.1) is 6.92 Å². The van der Waals surface area contributed by atoms with Gasteiger partial charge >= 0.3 is 12.1 Å². The average Bonchev–Trinajstić information content (AvgIpc) is 3.37. The molecule has 0 radical (unpaired) electrons. The number of carboxylic acid groups (broad SMARTS) is 1. The number of ether oxygens (including phenoxy) is 1. The number of rotatable bonds is 13. The van der Waals surface area contributed by atoms with Crippen molar-refractivity contribution >= 4 is 17.5 Å². The monoisotopic (exact) mass is 592 g/mol. The van der Waals surface area contributed by atoms with E-state index in [0.717, 1.165) is 41.3 Å². The van der Waals surface area contributed by atoms with E-state index in [-0.39, 0.29) is 18.4 Å². The maximum Gasteiger partial charge on any atom is 0.416 e. The first kappa shape index (κ1) is 31.2. The number of halogens is 3. The Bertz CT molecular complexity index is 1560. The summed E-state index contributed by atoms with van der Waals surface area (Å²) in [5.74, 6) is 0.317. The summed E-state index contributed by atoms with van der Waals surface area (Å²) in [7, 11) is 0. The lowest BCUT2D eigenvalue weighted by molar-refractivity contribution is -0.139. The van der Waals surface area contributed by atoms with Crippen molar-refractivity contribution in [3.05, 3.63) is 107 Å². The van der Waals surface area contributed by atoms with Gasteiger partial charge in [0.1, 0.15) is 11.5 Å². The topological polar surface area (TPSA) is 102 Å². The van der Waals surface area contributed by atoms with E-state index in [2.05, 4.69) is 9.98 Å². The van der Waals surface area contributed by atoms with Crippen molar-refractivity contribution < 1.29 is 37.0 Å². The number of hydrogen-bond acceptors (Lipinski definition) is 6. The van der Waals surface area contributed by atoms with Crippen LogP contribution in [0.2, 0.25) is 0 Å². The fourth-order valence-electron chi connectivity index (χ4n) is 4.38. The lowest BCUT2D eigenvalue weighted by atomic mass is 10.0. The summed E-state index contributed by atoms with van der Waals surface area (Å²) in [4.78, 5) is 33.5. The van der Waals surface area contributed by atoms with Crippen LogP contribution in [0.3, 0.4) is 0 Å². The number of nitrogens with zero attached hydrogens (tertiary/aromatic N) is 2. The summed E-state index contributed by atoms with van der Waals surface area (Å²) < 4.78 is 50.1. The quantitative estimate of drug-likeness (QED) is 0.128. The third kappa shape index (κ3) is 8.64. The highest BCUT2D eigenvalue weighted by Gasteiger charge is 2.30. The Hall–Kier alpha value is -4.73. The molecule has 43 heavy (non-hydrogen) atoms. The molecule has 0 unspecified atom stereocenters. The minimum Gasteiger partial charge on any atom is -0.493 e. The van der Waals surface area contributed by atoms with E-state index < -0.39 is 29.5 Å². The average molecular weight is 593 g/mol. The van der Waals surface area contributed by atoms with E-state index in [1.54, 1.807) is 31.2 Å². The summed E-state index contributed by atoms with van der Waals surface area (Å²) in [6.07, 6.45) is -3.73. The number of alkyl halides is 3. The molecule has 0 saturated carbocycles. The molecular weight excluding hydrogens is 561 g/mol. The number of ketones is 1. The van der Waals surface area contributed by atoms with Crippen LogP contribution >= 0.6 is 0 Å². The third-order valence-electron chi connectivity index (χ3n) is 6.80. The second kappa shape index (κ2) is 14.0. The number of benzene rings is 3. The fraction of sp³-hybridized carbons (Fsp3) is 0.273. The fourth-order valence-corrected chi connectivity index (χ4v) is 4.38. The van der Waals surface area contributed by atoms with Gasteiger partial charge in [0.2, 0.25) is 5.89 Å². The first-order valence-electron chi connectivity index (χ1n) is 13.8. The van der Waals surface area contributed by atoms with E-state index in [4.69, 9.17) is 9.15 Å². The van der Waals surface area contributed by atoms with Crippen LogP contribution in [-0.4, -0.2) is 40.2 Å². The van der Waals surface area contributed by atoms with Gasteiger partial charge in [-0.15, -0.1) is 0 Å². The maximum atomic E-state index is 12.8. The Balaban J connectivity index is 1.33. The van der Waals surface area contributed by atoms with E-state index in [0.29, 0.717) is 42.4 Å². The number of aromatic nitrogens is 1. The van der Waals surface area contributed by atoms with Gasteiger partial charge < -0.3 is 14.3 Å². The zero-order valence-corrected chi connectivity index (χ0v) is 23.7. The molecule has 1 N–H and O–H groups in total. The molecule has 0 aliphatic rings. The molecule has 4 aromatic rings. The molecule has 7 nitrogen and oxygen atoms in total. The summed E-state index contributed by atoms with van der Waals surface area (Å²) >= 11 is 0. The Morgan fingerprint density at radius 2 is 1.67 bits per heavy atom. The molecule has 0 saturated heterocycles. The van der Waals surface area contributed by atoms with Crippen molar-refractivity contribution in [2.45, 2.75) is 51.7 Å². The molecule has 1 aromatic heterocycles. The number of carbonyl (C=O) groups excluding carboxylic acids is 1. The lowest BCUT2D eigenvalue weighted by Gasteiger charge is -2.12. The number of aliphatic carboxylic acids is 1. The van der Waals surface area contributed by atoms with Crippen LogP contribution in [0.15, 0.2) is 88.3 Å². The molecule has 0 amide bonds. The number of aliphatic imine (C=N–C) groups is 1. The van der Waals surface area contributed by atoms with Crippen molar-refractivity contribution in [2.75, 3.05) is 6.61 Å². The summed E-state index contributed by atoms with van der Waals surface area (Å²) in [5.41, 5.74) is 2.03. The molecule has 0 aliphatic heterocycles. The van der Waals surface area contributed by atoms with Gasteiger partial charge in [-0.3, -0.25) is 9.79 Å². The first-order valence-corrected chi connectivity index (χ1v) is 13.8. The third-order valence-corrected chi connectivity index (χ3v) is 6.80. The summed E-state index contributed by atoms with van der Waals surface area (Å²) in [6, 6.07) is 19.4. The van der Waals surface area contributed by atoms with E-state index >= 15 is 0 Å². The number of oxazole rings is 1. The molecule has 0 fully saturated rings. The highest BCUT2D eigenvalue weighted by molar-refractivity contribution is 6.10. The molecule has 10 heteroatoms. The molecule has 3 aromatic carbocycles. The van der Waals surface area contributed by atoms with Gasteiger partial charge in [0, 0.05) is 36.1 Å². The van der Waals surface area contributed by atoms with Gasteiger partial charge in [0.15, 0.2) is 11.8 Å². The minimum absolute atomic E-state index is 0.0913. The zero-order chi connectivity index (χ0) is 31.0. The largest absolute Gasteiger partial charge is 0.493 e. The van der Waals surface area contributed by atoms with E-state index in [1.807, 2.05) is 37.3 Å². The second-order valence-corrected chi connectivity index (χ2v) is 9.91. The molecule has 1 atom stereocenters. The molecule has 1 heterocycles. The van der Waals surface area contributed by atoms with Crippen LogP contribution in [0.25, 0.3) is 11.5 Å². The Morgan fingerprint density at radius 3 is 2.28 bits per heavy atom. The SMILES string of the molecule is CCC(CC(=O)c1ccc(C(F)(F)F)cc1)=N[C@@H](Cc1ccc(OCCc2nc(-c3ccccc3)oc2C)cc1)C(=O)O. The second-order valence-electron chi connectivity index (χ2n) is 9.91. The smallest absolute Gasteiger partial charge is 0.416 e. The van der Waals surface area contributed by atoms with Crippen molar-refractivity contribution in [2.24, 2.45) is 4.99 Å². The van der Waals surface area contributed by atoms with Crippen LogP contribution in [0.5, 0.6) is 5.75 Å². The maximum absolute atomic E-state index is 12.8. The molecule has 4 rings (SSSR count). The number of Topliss-reactive ketones (excluding diaryl/α,β-unsaturated/α-hetero) is 1. The number of aryl methyl sites for hydroxylation is 1. The lowest BCUT2D eigenvalue weighted by Crippen LogP contribution is -2.23. The van der Waals surface area contributed by atoms with Crippen LogP contribution in [0.1, 0.15) is 52.7 Å². The van der Waals surface area contributed by atoms with E-state index in [9.17, 15) is 27.9 Å². The number of carbonyl (C=O) groups is 2. The Kier molecular flexibility index (Phi) is 10.1. The van der Waals surface area contributed by atoms with Crippen molar-refractivity contribution in [1.29, 1.82) is 0 Å². The highest BCUT2D eigenvalue weighted by atomic mass is 19.4. The normalized spacial score (nSPS) is 12.6. The molecule has 224 valence electrons. The van der Waals surface area contributed by atoms with Crippen molar-refractivity contribution in [3.63, 3.8) is 0 Å². The van der Waals surface area contributed by atoms with Crippen LogP contribution < -0.4 is 4.74 Å². The molecule has 0 bridgehead atoms. The standard InChI is InChI=1S/C33H31F3N2O5/c1-3-26(20-30(39)23-11-13-25(14-12-23)33(34,35)36)37-29(32(40)41)19-22-9-15-27(16-10-22)42-18-17-28-21(2)43-31(38-28)24-7-5-4-6-8-24/h4-16,29H,3,17-20H2,1-2H3,(H,40,41)/t29-/m0/s1. The first-order chi connectivity index (χ1) is 20.5. The number of carboxylic acids is 1. The van der Waals surface area contributed by atoms with Gasteiger partial charge in [0.05, 0.1) is 17.9 Å². The molecule has 0 aliphatic carbocycles. The minimum atomic E-state index is -4.50. The van der Waals surface area contributed by atoms with Crippen molar-refractivity contribution in [3.8, 4) is 17.2 Å². The highest BCUT2D eigenvalue weighted by Crippen LogP contribution is 2.29. The van der Waals surface area contributed by atoms with Gasteiger partial charge in [0.25, 0.3) is 0 Å². The molecular formula is C33H31F3N2O5. The van der Waals surface area contributed by atoms with Crippen molar-refractivity contribution in [1.82, 2.24) is 4.98 Å². The summed E-state index contributed by atoms with van der Waals surface area (Å²) in [5, 5.41) is 9.78. The zero-order valence-electron chi connectivity index (χ0n) is 23.7. The number of hydrogen-bond donors (Lipinski definition) is 1. The van der Waals surface area contributed by atoms with Gasteiger partial charge in [-0.05, 0) is 55.3 Å². The van der Waals surface area contributed by atoms with Gasteiger partial charge in [-0.1, -0.05) is 49.4 Å². The Labute approximate surface area is 247 Å². The Morgan fingerprint density at radius 1 is 1.00 bits per heavy atom.